The fourth-order valence-electron chi connectivity index (χ4n) is 3.18. The first-order valence-electron chi connectivity index (χ1n) is 9.03. The van der Waals surface area contributed by atoms with E-state index < -0.39 is 0 Å². The summed E-state index contributed by atoms with van der Waals surface area (Å²) in [6, 6.07) is 10.2. The van der Waals surface area contributed by atoms with Crippen LogP contribution in [0.1, 0.15) is 32.5 Å². The van der Waals surface area contributed by atoms with Crippen LogP contribution >= 0.6 is 0 Å². The molecule has 2 aromatic rings. The molecule has 0 bridgehead atoms. The normalized spacial score (nSPS) is 18.4. The van der Waals surface area contributed by atoms with Crippen molar-refractivity contribution in [1.82, 2.24) is 20.4 Å². The molecular weight excluding hydrogens is 316 g/mol. The number of nitrogens with zero attached hydrogens (tertiary/aromatic N) is 3. The Morgan fingerprint density at radius 2 is 2.16 bits per heavy atom. The number of hydrogen-bond acceptors (Lipinski definition) is 5. The molecule has 1 aromatic heterocycles. The van der Waals surface area contributed by atoms with Crippen molar-refractivity contribution < 1.29 is 9.32 Å². The van der Waals surface area contributed by atoms with Crippen LogP contribution in [0.25, 0.3) is 11.5 Å². The Kier molecular flexibility index (Phi) is 5.81. The van der Waals surface area contributed by atoms with Crippen LogP contribution in [0.3, 0.4) is 0 Å². The first-order valence-corrected chi connectivity index (χ1v) is 9.03. The number of benzene rings is 1. The van der Waals surface area contributed by atoms with Gasteiger partial charge in [0.25, 0.3) is 5.89 Å². The van der Waals surface area contributed by atoms with Crippen LogP contribution in [0.4, 0.5) is 0 Å². The van der Waals surface area contributed by atoms with E-state index in [1.165, 1.54) is 0 Å². The summed E-state index contributed by atoms with van der Waals surface area (Å²) in [6.45, 7) is 6.84. The fraction of sp³-hybridized carbons (Fsp3) is 0.526. The van der Waals surface area contributed by atoms with Crippen LogP contribution in [-0.2, 0) is 11.2 Å². The molecule has 2 heterocycles. The standard InChI is InChI=1S/C19H26N4O2/c1-14(2)23-12-6-9-16(13-23)18(24)20-11-10-17-21-19(25-22-17)15-7-4-3-5-8-15/h3-5,7-8,14,16H,6,9-13H2,1-2H3,(H,20,24)/t16-/m0/s1. The third kappa shape index (κ3) is 4.66. The Morgan fingerprint density at radius 1 is 1.36 bits per heavy atom. The van der Waals surface area contributed by atoms with Crippen molar-refractivity contribution in [3.05, 3.63) is 36.2 Å². The van der Waals surface area contributed by atoms with Gasteiger partial charge in [-0.1, -0.05) is 23.4 Å². The molecule has 1 amide bonds. The summed E-state index contributed by atoms with van der Waals surface area (Å²) < 4.78 is 5.28. The minimum atomic E-state index is 0.0845. The first-order chi connectivity index (χ1) is 12.1. The molecule has 6 nitrogen and oxygen atoms in total. The van der Waals surface area contributed by atoms with Crippen LogP contribution < -0.4 is 5.32 Å². The average molecular weight is 342 g/mol. The molecule has 1 atom stereocenters. The maximum Gasteiger partial charge on any atom is 0.257 e. The van der Waals surface area contributed by atoms with Crippen LogP contribution in [0.2, 0.25) is 0 Å². The zero-order valence-corrected chi connectivity index (χ0v) is 14.9. The molecule has 0 unspecified atom stereocenters. The second kappa shape index (κ2) is 8.25. The van der Waals surface area contributed by atoms with Crippen LogP contribution in [0, 0.1) is 5.92 Å². The van der Waals surface area contributed by atoms with Gasteiger partial charge in [0.2, 0.25) is 5.91 Å². The number of rotatable bonds is 6. The van der Waals surface area contributed by atoms with E-state index in [-0.39, 0.29) is 11.8 Å². The summed E-state index contributed by atoms with van der Waals surface area (Å²) >= 11 is 0. The summed E-state index contributed by atoms with van der Waals surface area (Å²) in [5.41, 5.74) is 0.904. The fourth-order valence-corrected chi connectivity index (χ4v) is 3.18. The molecule has 25 heavy (non-hydrogen) atoms. The molecule has 1 fully saturated rings. The van der Waals surface area contributed by atoms with Gasteiger partial charge in [-0.15, -0.1) is 0 Å². The van der Waals surface area contributed by atoms with Gasteiger partial charge in [-0.05, 0) is 45.4 Å². The van der Waals surface area contributed by atoms with Gasteiger partial charge in [-0.3, -0.25) is 4.79 Å². The van der Waals surface area contributed by atoms with Gasteiger partial charge in [0.1, 0.15) is 0 Å². The number of amides is 1. The molecule has 1 aromatic carbocycles. The van der Waals surface area contributed by atoms with Crippen molar-refractivity contribution in [2.24, 2.45) is 5.92 Å². The lowest BCUT2D eigenvalue weighted by Gasteiger charge is -2.34. The number of likely N-dealkylation sites (tertiary alicyclic amines) is 1. The number of carbonyl (C=O) groups is 1. The van der Waals surface area contributed by atoms with E-state index in [1.54, 1.807) is 0 Å². The lowest BCUT2D eigenvalue weighted by molar-refractivity contribution is -0.126. The predicted octanol–water partition coefficient (Wildman–Crippen LogP) is 2.52. The third-order valence-corrected chi connectivity index (χ3v) is 4.69. The third-order valence-electron chi connectivity index (χ3n) is 4.69. The molecule has 0 radical (unpaired) electrons. The topological polar surface area (TPSA) is 71.3 Å². The molecule has 134 valence electrons. The molecule has 1 N–H and O–H groups in total. The minimum Gasteiger partial charge on any atom is -0.355 e. The largest absolute Gasteiger partial charge is 0.355 e. The number of piperidine rings is 1. The summed E-state index contributed by atoms with van der Waals surface area (Å²) in [5.74, 6) is 1.35. The van der Waals surface area contributed by atoms with Gasteiger partial charge < -0.3 is 14.7 Å². The lowest BCUT2D eigenvalue weighted by Crippen LogP contribution is -2.45. The molecule has 0 aliphatic carbocycles. The Balaban J connectivity index is 1.47. The quantitative estimate of drug-likeness (QED) is 0.873. The van der Waals surface area contributed by atoms with E-state index in [0.717, 1.165) is 31.5 Å². The van der Waals surface area contributed by atoms with Crippen molar-refractivity contribution in [2.75, 3.05) is 19.6 Å². The van der Waals surface area contributed by atoms with Gasteiger partial charge in [0, 0.05) is 31.1 Å². The smallest absolute Gasteiger partial charge is 0.257 e. The highest BCUT2D eigenvalue weighted by Gasteiger charge is 2.26. The molecular formula is C19H26N4O2. The monoisotopic (exact) mass is 342 g/mol. The number of aromatic nitrogens is 2. The maximum absolute atomic E-state index is 12.4. The van der Waals surface area contributed by atoms with Crippen LogP contribution in [0.5, 0.6) is 0 Å². The van der Waals surface area contributed by atoms with Gasteiger partial charge >= 0.3 is 0 Å². The number of nitrogens with one attached hydrogen (secondary N) is 1. The lowest BCUT2D eigenvalue weighted by atomic mass is 9.96. The van der Waals surface area contributed by atoms with Crippen molar-refractivity contribution in [2.45, 2.75) is 39.2 Å². The Morgan fingerprint density at radius 3 is 2.92 bits per heavy atom. The van der Waals surface area contributed by atoms with Gasteiger partial charge in [0.05, 0.1) is 5.92 Å². The van der Waals surface area contributed by atoms with Crippen molar-refractivity contribution in [3.63, 3.8) is 0 Å². The van der Waals surface area contributed by atoms with E-state index in [0.29, 0.717) is 30.7 Å². The summed E-state index contributed by atoms with van der Waals surface area (Å²) in [7, 11) is 0. The van der Waals surface area contributed by atoms with Crippen molar-refractivity contribution in [1.29, 1.82) is 0 Å². The predicted molar refractivity (Wildman–Crippen MR) is 95.9 cm³/mol. The molecule has 0 spiro atoms. The zero-order valence-electron chi connectivity index (χ0n) is 14.9. The first kappa shape index (κ1) is 17.6. The highest BCUT2D eigenvalue weighted by atomic mass is 16.5. The second-order valence-electron chi connectivity index (χ2n) is 6.85. The van der Waals surface area contributed by atoms with Gasteiger partial charge in [-0.25, -0.2) is 0 Å². The molecule has 0 saturated carbocycles. The van der Waals surface area contributed by atoms with Gasteiger partial charge in [0.15, 0.2) is 5.82 Å². The summed E-state index contributed by atoms with van der Waals surface area (Å²) in [5, 5.41) is 7.01. The van der Waals surface area contributed by atoms with Crippen molar-refractivity contribution in [3.8, 4) is 11.5 Å². The van der Waals surface area contributed by atoms with E-state index in [9.17, 15) is 4.79 Å². The molecule has 1 aliphatic rings. The second-order valence-corrected chi connectivity index (χ2v) is 6.85. The van der Waals surface area contributed by atoms with Crippen LogP contribution in [0.15, 0.2) is 34.9 Å². The molecule has 3 rings (SSSR count). The highest BCUT2D eigenvalue weighted by Crippen LogP contribution is 2.19. The summed E-state index contributed by atoms with van der Waals surface area (Å²) in [4.78, 5) is 19.1. The SMILES string of the molecule is CC(C)N1CCC[C@H](C(=O)NCCc2noc(-c3ccccc3)n2)C1. The summed E-state index contributed by atoms with van der Waals surface area (Å²) in [6.07, 6.45) is 2.62. The average Bonchev–Trinajstić information content (AvgIpc) is 3.11. The maximum atomic E-state index is 12.4. The number of carbonyl (C=O) groups excluding carboxylic acids is 1. The molecule has 6 heteroatoms. The van der Waals surface area contributed by atoms with Crippen molar-refractivity contribution >= 4 is 5.91 Å². The van der Waals surface area contributed by atoms with Crippen LogP contribution in [-0.4, -0.2) is 46.6 Å². The Hall–Kier alpha value is -2.21. The van der Waals surface area contributed by atoms with E-state index in [1.807, 2.05) is 30.3 Å². The molecule has 1 saturated heterocycles. The van der Waals surface area contributed by atoms with E-state index >= 15 is 0 Å². The number of hydrogen-bond donors (Lipinski definition) is 1. The molecule has 1 aliphatic heterocycles. The Labute approximate surface area is 148 Å². The zero-order chi connectivity index (χ0) is 17.6. The highest BCUT2D eigenvalue weighted by molar-refractivity contribution is 5.78. The Bertz CT molecular complexity index is 684. The van der Waals surface area contributed by atoms with E-state index in [2.05, 4.69) is 34.2 Å². The van der Waals surface area contributed by atoms with E-state index in [4.69, 9.17) is 4.52 Å². The minimum absolute atomic E-state index is 0.0845. The van der Waals surface area contributed by atoms with Gasteiger partial charge in [-0.2, -0.15) is 4.98 Å².